The van der Waals surface area contributed by atoms with E-state index in [9.17, 15) is 29.4 Å². The molecule has 2 amide bonds. The molecule has 0 aliphatic carbocycles. The second-order valence-electron chi connectivity index (χ2n) is 12.0. The molecule has 0 aromatic carbocycles. The number of carboxylic acids is 2. The first-order valence-electron chi connectivity index (χ1n) is 15.2. The number of H-pyrrole nitrogens is 2. The van der Waals surface area contributed by atoms with Gasteiger partial charge in [-0.1, -0.05) is 13.8 Å². The van der Waals surface area contributed by atoms with Crippen LogP contribution in [0, 0.1) is 25.7 Å². The van der Waals surface area contributed by atoms with Crippen molar-refractivity contribution in [2.75, 3.05) is 5.75 Å². The second-order valence-corrected chi connectivity index (χ2v) is 13.4. The summed E-state index contributed by atoms with van der Waals surface area (Å²) in [7, 11) is 0. The van der Waals surface area contributed by atoms with Gasteiger partial charge in [-0.3, -0.25) is 19.2 Å². The van der Waals surface area contributed by atoms with Crippen LogP contribution >= 0.6 is 0 Å². The van der Waals surface area contributed by atoms with Gasteiger partial charge in [0.25, 0.3) is 5.91 Å². The van der Waals surface area contributed by atoms with Gasteiger partial charge in [-0.2, -0.15) is 0 Å². The SMILES string of the molecule is CCC1=C(C)/C(=C/c2[nH]c(Cc3[nH]c(/C=C4\NC(=O)[C@H](C)[C@H]4[C@H]4C[SH+]4)c(C)c3CCC(=O)O)c(CCC(=O)O)c2C)NC1=O. The van der Waals surface area contributed by atoms with Crippen LogP contribution in [0.2, 0.25) is 0 Å². The maximum atomic E-state index is 12.6. The predicted molar refractivity (Wildman–Crippen MR) is 171 cm³/mol. The molecular weight excluding hydrogens is 580 g/mol. The monoisotopic (exact) mass is 621 g/mol. The summed E-state index contributed by atoms with van der Waals surface area (Å²) in [6, 6.07) is 0. The third kappa shape index (κ3) is 6.29. The zero-order chi connectivity index (χ0) is 31.9. The molecule has 5 heterocycles. The smallest absolute Gasteiger partial charge is 0.303 e. The first-order chi connectivity index (χ1) is 20.9. The first kappa shape index (κ1) is 31.4. The summed E-state index contributed by atoms with van der Waals surface area (Å²) >= 11 is 1.36. The molecule has 234 valence electrons. The number of carbonyl (C=O) groups excluding carboxylic acids is 2. The van der Waals surface area contributed by atoms with E-state index in [0.717, 1.165) is 73.3 Å². The van der Waals surface area contributed by atoms with Gasteiger partial charge in [0.2, 0.25) is 5.91 Å². The Morgan fingerprint density at radius 3 is 1.93 bits per heavy atom. The summed E-state index contributed by atoms with van der Waals surface area (Å²) in [5, 5.41) is 25.5. The molecule has 0 unspecified atom stereocenters. The van der Waals surface area contributed by atoms with Crippen LogP contribution in [0.4, 0.5) is 0 Å². The third-order valence-electron chi connectivity index (χ3n) is 9.25. The number of rotatable bonds is 12. The lowest BCUT2D eigenvalue weighted by atomic mass is 9.91. The number of carboxylic acid groups (broad SMARTS) is 2. The fraction of sp³-hybridized carbons (Fsp3) is 0.455. The Morgan fingerprint density at radius 1 is 0.909 bits per heavy atom. The molecule has 2 aromatic heterocycles. The molecule has 6 N–H and O–H groups in total. The van der Waals surface area contributed by atoms with Gasteiger partial charge < -0.3 is 30.8 Å². The highest BCUT2D eigenvalue weighted by Crippen LogP contribution is 2.38. The molecule has 11 heteroatoms. The molecule has 0 radical (unpaired) electrons. The van der Waals surface area contributed by atoms with Crippen LogP contribution < -0.4 is 10.6 Å². The van der Waals surface area contributed by atoms with E-state index < -0.39 is 11.9 Å². The molecule has 10 nitrogen and oxygen atoms in total. The minimum Gasteiger partial charge on any atom is -0.481 e. The van der Waals surface area contributed by atoms with E-state index in [1.165, 1.54) is 11.8 Å². The molecule has 3 aliphatic rings. The highest BCUT2D eigenvalue weighted by Gasteiger charge is 2.52. The first-order valence-corrected chi connectivity index (χ1v) is 16.3. The number of aliphatic carboxylic acids is 2. The average Bonchev–Trinajstić information content (AvgIpc) is 3.53. The van der Waals surface area contributed by atoms with Gasteiger partial charge in [0.05, 0.1) is 5.92 Å². The Morgan fingerprint density at radius 2 is 1.45 bits per heavy atom. The summed E-state index contributed by atoms with van der Waals surface area (Å²) in [6.45, 7) is 9.75. The van der Waals surface area contributed by atoms with E-state index in [1.807, 2.05) is 46.8 Å². The molecule has 0 bridgehead atoms. The summed E-state index contributed by atoms with van der Waals surface area (Å²) in [4.78, 5) is 55.2. The number of aromatic amines is 2. The highest BCUT2D eigenvalue weighted by molar-refractivity contribution is 7.86. The van der Waals surface area contributed by atoms with Gasteiger partial charge in [0.15, 0.2) is 11.0 Å². The molecule has 0 saturated carbocycles. The number of carbonyl (C=O) groups is 4. The normalized spacial score (nSPS) is 23.2. The van der Waals surface area contributed by atoms with Gasteiger partial charge in [0, 0.05) is 64.9 Å². The lowest BCUT2D eigenvalue weighted by molar-refractivity contribution is -0.138. The van der Waals surface area contributed by atoms with Crippen LogP contribution in [0.15, 0.2) is 22.5 Å². The van der Waals surface area contributed by atoms with Gasteiger partial charge in [0.1, 0.15) is 0 Å². The van der Waals surface area contributed by atoms with Crippen molar-refractivity contribution in [2.45, 2.75) is 78.4 Å². The topological polar surface area (TPSA) is 164 Å². The standard InChI is InChI=1S/C33H40N4O6S/c1-6-19-15(2)24(36-33(19)43)11-22-16(3)20(7-9-29(38)39)25(34-22)13-26-21(8-10-30(40)41)17(4)23(35-26)12-27-31(28-14-44-28)18(5)32(42)37-27/h11-12,18,28,31,34-35H,6-10,13-14H2,1-5H3,(H,36,43)(H,37,42)(H,38,39)(H,40,41)/p+1/b24-11-,27-12-/t18-,28-,31-/m1/s1. The van der Waals surface area contributed by atoms with Crippen LogP contribution in [0.1, 0.15) is 85.1 Å². The Kier molecular flexibility index (Phi) is 8.97. The largest absolute Gasteiger partial charge is 0.481 e. The zero-order valence-corrected chi connectivity index (χ0v) is 26.7. The molecule has 2 saturated heterocycles. The Bertz CT molecular complexity index is 1640. The van der Waals surface area contributed by atoms with Gasteiger partial charge in [-0.05, 0) is 91.8 Å². The molecule has 0 spiro atoms. The van der Waals surface area contributed by atoms with Crippen molar-refractivity contribution in [3.05, 3.63) is 67.6 Å². The highest BCUT2D eigenvalue weighted by atomic mass is 32.2. The van der Waals surface area contributed by atoms with E-state index in [-0.39, 0.29) is 36.5 Å². The van der Waals surface area contributed by atoms with E-state index >= 15 is 0 Å². The maximum Gasteiger partial charge on any atom is 0.303 e. The van der Waals surface area contributed by atoms with Crippen LogP contribution in [-0.4, -0.2) is 54.9 Å². The Labute approximate surface area is 260 Å². The van der Waals surface area contributed by atoms with E-state index in [1.54, 1.807) is 0 Å². The van der Waals surface area contributed by atoms with Crippen molar-refractivity contribution < 1.29 is 29.4 Å². The van der Waals surface area contributed by atoms with E-state index in [2.05, 4.69) is 20.6 Å². The number of allylic oxidation sites excluding steroid dienone is 2. The maximum absolute atomic E-state index is 12.6. The molecule has 44 heavy (non-hydrogen) atoms. The molecule has 2 aromatic rings. The van der Waals surface area contributed by atoms with Crippen molar-refractivity contribution in [1.29, 1.82) is 0 Å². The van der Waals surface area contributed by atoms with Crippen molar-refractivity contribution in [3.63, 3.8) is 0 Å². The lowest BCUT2D eigenvalue weighted by Gasteiger charge is -2.08. The van der Waals surface area contributed by atoms with Gasteiger partial charge in [-0.25, -0.2) is 0 Å². The molecule has 5 rings (SSSR count). The van der Waals surface area contributed by atoms with Gasteiger partial charge >= 0.3 is 11.9 Å². The quantitative estimate of drug-likeness (QED) is 0.120. The zero-order valence-electron chi connectivity index (χ0n) is 25.8. The number of aromatic nitrogens is 2. The fourth-order valence-corrected chi connectivity index (χ4v) is 7.57. The van der Waals surface area contributed by atoms with E-state index in [4.69, 9.17) is 0 Å². The summed E-state index contributed by atoms with van der Waals surface area (Å²) in [5.74, 6) is -0.719. The molecule has 2 fully saturated rings. The number of hydrogen-bond acceptors (Lipinski definition) is 4. The minimum atomic E-state index is -0.893. The van der Waals surface area contributed by atoms with Crippen molar-refractivity contribution >= 4 is 47.7 Å². The van der Waals surface area contributed by atoms with Crippen molar-refractivity contribution in [2.24, 2.45) is 11.8 Å². The summed E-state index contributed by atoms with van der Waals surface area (Å²) < 4.78 is 0. The third-order valence-corrected chi connectivity index (χ3v) is 10.4. The lowest BCUT2D eigenvalue weighted by Crippen LogP contribution is -2.17. The van der Waals surface area contributed by atoms with E-state index in [0.29, 0.717) is 30.9 Å². The number of nitrogens with one attached hydrogen (secondary N) is 4. The Hall–Kier alpha value is -3.99. The van der Waals surface area contributed by atoms with Gasteiger partial charge in [-0.15, -0.1) is 0 Å². The number of hydrogen-bond donors (Lipinski definition) is 6. The van der Waals surface area contributed by atoms with Crippen LogP contribution in [-0.2, 0) is 50.2 Å². The van der Waals surface area contributed by atoms with Crippen molar-refractivity contribution in [1.82, 2.24) is 20.6 Å². The number of amides is 2. The molecular formula is C33H41N4O6S+. The van der Waals surface area contributed by atoms with Crippen LogP contribution in [0.5, 0.6) is 0 Å². The molecule has 3 aliphatic heterocycles. The minimum absolute atomic E-state index is 0.0278. The van der Waals surface area contributed by atoms with Crippen LogP contribution in [0.3, 0.4) is 0 Å². The van der Waals surface area contributed by atoms with Crippen LogP contribution in [0.25, 0.3) is 12.2 Å². The fourth-order valence-electron chi connectivity index (χ4n) is 6.58. The average molecular weight is 622 g/mol. The Balaban J connectivity index is 1.55. The predicted octanol–water partition coefficient (Wildman–Crippen LogP) is 3.70. The second kappa shape index (κ2) is 12.6. The molecule has 3 atom stereocenters. The summed E-state index contributed by atoms with van der Waals surface area (Å²) in [6.07, 6.45) is 5.54. The van der Waals surface area contributed by atoms with Crippen molar-refractivity contribution in [3.8, 4) is 0 Å². The summed E-state index contributed by atoms with van der Waals surface area (Å²) in [5.41, 5.74) is 10.2. The number of thiol groups is 1.